The van der Waals surface area contributed by atoms with Crippen molar-refractivity contribution in [2.24, 2.45) is 0 Å². The smallest absolute Gasteiger partial charge is 0.367 e. The molecule has 5 nitrogen and oxygen atoms in total. The van der Waals surface area contributed by atoms with Crippen LogP contribution in [0.5, 0.6) is 0 Å². The number of hydrogen-bond acceptors (Lipinski definition) is 4. The third-order valence-electron chi connectivity index (χ3n) is 2.93. The minimum atomic E-state index is -4.50. The van der Waals surface area contributed by atoms with Crippen molar-refractivity contribution in [3.05, 3.63) is 51.4 Å². The molecule has 0 unspecified atom stereocenters. The molecule has 2 rings (SSSR count). The zero-order valence-electron chi connectivity index (χ0n) is 12.1. The van der Waals surface area contributed by atoms with Crippen molar-refractivity contribution in [2.75, 3.05) is 18.4 Å². The van der Waals surface area contributed by atoms with Gasteiger partial charge in [0.15, 0.2) is 0 Å². The molecule has 0 atom stereocenters. The monoisotopic (exact) mass is 376 g/mol. The summed E-state index contributed by atoms with van der Waals surface area (Å²) in [4.78, 5) is 18.3. The number of rotatable bonds is 5. The molecule has 10 heteroatoms. The van der Waals surface area contributed by atoms with Crippen LogP contribution in [-0.2, 0) is 6.18 Å². The Kier molecular flexibility index (Phi) is 5.79. The molecule has 0 saturated carbocycles. The van der Waals surface area contributed by atoms with Crippen LogP contribution in [-0.4, -0.2) is 29.0 Å². The van der Waals surface area contributed by atoms with Crippen LogP contribution >= 0.6 is 23.8 Å². The summed E-state index contributed by atoms with van der Waals surface area (Å²) in [6.07, 6.45) is -2.20. The van der Waals surface area contributed by atoms with Gasteiger partial charge in [0.05, 0.1) is 16.1 Å². The van der Waals surface area contributed by atoms with E-state index in [9.17, 15) is 18.0 Å². The van der Waals surface area contributed by atoms with Crippen LogP contribution in [0.4, 0.5) is 19.0 Å². The van der Waals surface area contributed by atoms with Crippen molar-refractivity contribution < 1.29 is 18.0 Å². The molecular formula is C14H12ClF3N4OS. The number of aromatic nitrogens is 2. The molecule has 0 fully saturated rings. The average Bonchev–Trinajstić information content (AvgIpc) is 2.52. The molecule has 0 aromatic carbocycles. The van der Waals surface area contributed by atoms with Crippen molar-refractivity contribution in [3.63, 3.8) is 0 Å². The predicted octanol–water partition coefficient (Wildman–Crippen LogP) is 3.65. The van der Waals surface area contributed by atoms with Crippen LogP contribution in [0.1, 0.15) is 15.9 Å². The van der Waals surface area contributed by atoms with Crippen LogP contribution in [0, 0.1) is 4.64 Å². The normalized spacial score (nSPS) is 11.2. The van der Waals surface area contributed by atoms with E-state index < -0.39 is 11.7 Å². The highest BCUT2D eigenvalue weighted by Crippen LogP contribution is 2.32. The minimum Gasteiger partial charge on any atom is -0.367 e. The van der Waals surface area contributed by atoms with Crippen molar-refractivity contribution in [3.8, 4) is 0 Å². The standard InChI is InChI=1S/C14H12ClF3N4OS/c15-10-6-8(14(16,17)18)7-22-11(10)19-4-5-20-12(23)9-2-1-3-21-13(9)24/h1-3,6-7H,4-5H2,(H,19,22)(H,20,23)(H,21,24). The zero-order chi connectivity index (χ0) is 17.7. The second-order valence-corrected chi connectivity index (χ2v) is 5.46. The Morgan fingerprint density at radius 1 is 1.38 bits per heavy atom. The van der Waals surface area contributed by atoms with E-state index in [0.717, 1.165) is 6.07 Å². The number of hydrogen-bond donors (Lipinski definition) is 3. The molecule has 128 valence electrons. The highest BCUT2D eigenvalue weighted by molar-refractivity contribution is 7.71. The van der Waals surface area contributed by atoms with E-state index in [1.54, 1.807) is 18.3 Å². The first-order valence-corrected chi connectivity index (χ1v) is 7.50. The van der Waals surface area contributed by atoms with Crippen molar-refractivity contribution in [1.82, 2.24) is 15.3 Å². The molecule has 3 N–H and O–H groups in total. The van der Waals surface area contributed by atoms with Gasteiger partial charge in [0.2, 0.25) is 0 Å². The number of alkyl halides is 3. The molecule has 0 aliphatic heterocycles. The summed E-state index contributed by atoms with van der Waals surface area (Å²) < 4.78 is 37.8. The Morgan fingerprint density at radius 2 is 2.12 bits per heavy atom. The Bertz CT molecular complexity index is 794. The molecule has 0 bridgehead atoms. The van der Waals surface area contributed by atoms with Gasteiger partial charge in [-0.1, -0.05) is 23.8 Å². The zero-order valence-corrected chi connectivity index (χ0v) is 13.6. The van der Waals surface area contributed by atoms with Gasteiger partial charge in [-0.2, -0.15) is 13.2 Å². The number of aromatic amines is 1. The molecule has 2 heterocycles. The van der Waals surface area contributed by atoms with Gasteiger partial charge in [0.25, 0.3) is 5.91 Å². The van der Waals surface area contributed by atoms with Gasteiger partial charge >= 0.3 is 6.18 Å². The first kappa shape index (κ1) is 18.2. The second-order valence-electron chi connectivity index (χ2n) is 4.65. The van der Waals surface area contributed by atoms with Gasteiger partial charge < -0.3 is 15.6 Å². The first-order chi connectivity index (χ1) is 11.3. The molecule has 2 aromatic rings. The Labute approximate surface area is 145 Å². The summed E-state index contributed by atoms with van der Waals surface area (Å²) in [7, 11) is 0. The molecule has 1 amide bonds. The number of carbonyl (C=O) groups excluding carboxylic acids is 1. The fraction of sp³-hybridized carbons (Fsp3) is 0.214. The van der Waals surface area contributed by atoms with Crippen molar-refractivity contribution in [1.29, 1.82) is 0 Å². The fourth-order valence-electron chi connectivity index (χ4n) is 1.78. The van der Waals surface area contributed by atoms with Crippen LogP contribution < -0.4 is 10.6 Å². The van der Waals surface area contributed by atoms with E-state index in [1.807, 2.05) is 0 Å². The van der Waals surface area contributed by atoms with Gasteiger partial charge in [-0.05, 0) is 18.2 Å². The maximum atomic E-state index is 12.5. The second kappa shape index (κ2) is 7.63. The number of H-pyrrole nitrogens is 1. The Morgan fingerprint density at radius 3 is 2.75 bits per heavy atom. The SMILES string of the molecule is O=C(NCCNc1ncc(C(F)(F)F)cc1Cl)c1ccc[nH]c1=S. The average molecular weight is 377 g/mol. The highest BCUT2D eigenvalue weighted by atomic mass is 35.5. The first-order valence-electron chi connectivity index (χ1n) is 6.71. The van der Waals surface area contributed by atoms with Gasteiger partial charge in [-0.3, -0.25) is 4.79 Å². The minimum absolute atomic E-state index is 0.107. The van der Waals surface area contributed by atoms with Gasteiger partial charge in [0, 0.05) is 25.5 Å². The van der Waals surface area contributed by atoms with E-state index in [4.69, 9.17) is 23.8 Å². The Balaban J connectivity index is 1.88. The third-order valence-corrected chi connectivity index (χ3v) is 3.56. The lowest BCUT2D eigenvalue weighted by atomic mass is 10.2. The van der Waals surface area contributed by atoms with Crippen LogP contribution in [0.15, 0.2) is 30.6 Å². The van der Waals surface area contributed by atoms with Crippen LogP contribution in [0.25, 0.3) is 0 Å². The Hall–Kier alpha value is -2.13. The van der Waals surface area contributed by atoms with E-state index in [1.165, 1.54) is 0 Å². The molecule has 0 saturated heterocycles. The largest absolute Gasteiger partial charge is 0.417 e. The summed E-state index contributed by atoms with van der Waals surface area (Å²) in [5, 5.41) is 5.23. The molecular weight excluding hydrogens is 365 g/mol. The summed E-state index contributed by atoms with van der Waals surface area (Å²) in [6.45, 7) is 0.439. The lowest BCUT2D eigenvalue weighted by Gasteiger charge is -2.11. The van der Waals surface area contributed by atoms with E-state index in [-0.39, 0.29) is 29.8 Å². The predicted molar refractivity (Wildman–Crippen MR) is 86.7 cm³/mol. The quantitative estimate of drug-likeness (QED) is 0.550. The third kappa shape index (κ3) is 4.68. The van der Waals surface area contributed by atoms with E-state index in [0.29, 0.717) is 16.4 Å². The summed E-state index contributed by atoms with van der Waals surface area (Å²) in [5.41, 5.74) is -0.595. The summed E-state index contributed by atoms with van der Waals surface area (Å²) >= 11 is 10.8. The summed E-state index contributed by atoms with van der Waals surface area (Å²) in [5.74, 6) is -0.249. The number of carbonyl (C=O) groups is 1. The van der Waals surface area contributed by atoms with Crippen molar-refractivity contribution in [2.45, 2.75) is 6.18 Å². The number of pyridine rings is 2. The number of nitrogens with one attached hydrogen (secondary N) is 3. The topological polar surface area (TPSA) is 69.8 Å². The van der Waals surface area contributed by atoms with E-state index in [2.05, 4.69) is 20.6 Å². The van der Waals surface area contributed by atoms with Crippen LogP contribution in [0.2, 0.25) is 5.02 Å². The molecule has 0 aliphatic rings. The molecule has 0 radical (unpaired) electrons. The number of nitrogens with zero attached hydrogens (tertiary/aromatic N) is 1. The summed E-state index contributed by atoms with van der Waals surface area (Å²) in [6, 6.07) is 4.02. The van der Waals surface area contributed by atoms with Crippen molar-refractivity contribution >= 4 is 35.5 Å². The van der Waals surface area contributed by atoms with E-state index >= 15 is 0 Å². The maximum absolute atomic E-state index is 12.5. The highest BCUT2D eigenvalue weighted by Gasteiger charge is 2.31. The maximum Gasteiger partial charge on any atom is 0.417 e. The lowest BCUT2D eigenvalue weighted by Crippen LogP contribution is -2.29. The molecule has 2 aromatic heterocycles. The molecule has 0 spiro atoms. The van der Waals surface area contributed by atoms with Gasteiger partial charge in [-0.25, -0.2) is 4.98 Å². The number of anilines is 1. The molecule has 24 heavy (non-hydrogen) atoms. The van der Waals surface area contributed by atoms with Gasteiger partial charge in [-0.15, -0.1) is 0 Å². The fourth-order valence-corrected chi connectivity index (χ4v) is 2.24. The molecule has 0 aliphatic carbocycles. The number of halogens is 4. The number of amides is 1. The van der Waals surface area contributed by atoms with Gasteiger partial charge in [0.1, 0.15) is 10.5 Å². The lowest BCUT2D eigenvalue weighted by molar-refractivity contribution is -0.137. The van der Waals surface area contributed by atoms with Crippen LogP contribution in [0.3, 0.4) is 0 Å².